The largest absolute Gasteiger partial charge is 0.497 e. The molecule has 6 nitrogen and oxygen atoms in total. The number of methoxy groups -OCH3 is 1. The molecule has 1 fully saturated rings. The maximum Gasteiger partial charge on any atom is 0.263 e. The molecule has 0 atom stereocenters. The van der Waals surface area contributed by atoms with E-state index in [1.165, 1.54) is 15.7 Å². The number of likely N-dealkylation sites (tertiary alicyclic amines) is 1. The van der Waals surface area contributed by atoms with Crippen LogP contribution in [-0.2, 0) is 23.8 Å². The van der Waals surface area contributed by atoms with Gasteiger partial charge in [-0.2, -0.15) is 0 Å². The molecular formula is C22H26N2O4. The average molecular weight is 382 g/mol. The van der Waals surface area contributed by atoms with Gasteiger partial charge in [-0.3, -0.25) is 9.59 Å². The van der Waals surface area contributed by atoms with Crippen LogP contribution < -0.4 is 10.3 Å². The number of hydrogen-bond donors (Lipinski definition) is 0. The topological polar surface area (TPSA) is 60.8 Å². The lowest BCUT2D eigenvalue weighted by atomic mass is 9.79. The minimum absolute atomic E-state index is 0.193. The van der Waals surface area contributed by atoms with Crippen LogP contribution in [0.5, 0.6) is 5.75 Å². The van der Waals surface area contributed by atoms with Crippen LogP contribution in [0.25, 0.3) is 0 Å². The van der Waals surface area contributed by atoms with Gasteiger partial charge in [-0.25, -0.2) is 0 Å². The SMILES string of the molecule is COc1ccc2c(c1)CCOC21CCN(C(=O)c2ccc(C)n(C)c2=O)CC1. The van der Waals surface area contributed by atoms with Gasteiger partial charge in [0, 0.05) is 25.8 Å². The van der Waals surface area contributed by atoms with Crippen LogP contribution in [0.1, 0.15) is 40.0 Å². The van der Waals surface area contributed by atoms with Crippen molar-refractivity contribution in [1.29, 1.82) is 0 Å². The van der Waals surface area contributed by atoms with Crippen LogP contribution in [0, 0.1) is 6.92 Å². The first-order valence-electron chi connectivity index (χ1n) is 9.72. The van der Waals surface area contributed by atoms with Gasteiger partial charge in [0.25, 0.3) is 11.5 Å². The van der Waals surface area contributed by atoms with E-state index in [4.69, 9.17) is 9.47 Å². The third-order valence-corrected chi connectivity index (χ3v) is 6.20. The molecule has 0 unspecified atom stereocenters. The van der Waals surface area contributed by atoms with Crippen molar-refractivity contribution >= 4 is 5.91 Å². The van der Waals surface area contributed by atoms with Crippen LogP contribution in [0.3, 0.4) is 0 Å². The van der Waals surface area contributed by atoms with E-state index < -0.39 is 0 Å². The number of fused-ring (bicyclic) bond motifs is 2. The van der Waals surface area contributed by atoms with E-state index in [0.717, 1.165) is 30.7 Å². The fraction of sp³-hybridized carbons (Fsp3) is 0.455. The van der Waals surface area contributed by atoms with Crippen molar-refractivity contribution in [3.8, 4) is 5.75 Å². The predicted molar refractivity (Wildman–Crippen MR) is 106 cm³/mol. The Hall–Kier alpha value is -2.60. The van der Waals surface area contributed by atoms with Gasteiger partial charge in [0.2, 0.25) is 0 Å². The number of amides is 1. The molecule has 1 spiro atoms. The second kappa shape index (κ2) is 7.09. The number of piperidine rings is 1. The van der Waals surface area contributed by atoms with E-state index >= 15 is 0 Å². The summed E-state index contributed by atoms with van der Waals surface area (Å²) in [5.74, 6) is 0.667. The molecule has 1 aromatic heterocycles. The average Bonchev–Trinajstić information content (AvgIpc) is 2.72. The fourth-order valence-electron chi connectivity index (χ4n) is 4.33. The summed E-state index contributed by atoms with van der Waals surface area (Å²) in [5.41, 5.74) is 2.95. The quantitative estimate of drug-likeness (QED) is 0.800. The van der Waals surface area contributed by atoms with Gasteiger partial charge < -0.3 is 18.9 Å². The molecule has 2 aliphatic rings. The number of ether oxygens (including phenoxy) is 2. The Morgan fingerprint density at radius 2 is 1.93 bits per heavy atom. The molecule has 148 valence electrons. The first-order chi connectivity index (χ1) is 13.4. The maximum absolute atomic E-state index is 12.9. The number of nitrogens with zero attached hydrogens (tertiary/aromatic N) is 2. The third-order valence-electron chi connectivity index (χ3n) is 6.20. The van der Waals surface area contributed by atoms with Gasteiger partial charge in [-0.05, 0) is 61.6 Å². The van der Waals surface area contributed by atoms with Crippen molar-refractivity contribution in [3.63, 3.8) is 0 Å². The van der Waals surface area contributed by atoms with E-state index in [0.29, 0.717) is 19.7 Å². The number of carbonyl (C=O) groups excluding carboxylic acids is 1. The highest BCUT2D eigenvalue weighted by molar-refractivity contribution is 5.94. The molecule has 6 heteroatoms. The molecule has 2 aliphatic heterocycles. The molecule has 2 aromatic rings. The van der Waals surface area contributed by atoms with Crippen molar-refractivity contribution in [2.45, 2.75) is 31.8 Å². The van der Waals surface area contributed by atoms with Gasteiger partial charge in [-0.15, -0.1) is 0 Å². The van der Waals surface area contributed by atoms with Gasteiger partial charge in [0.15, 0.2) is 0 Å². The van der Waals surface area contributed by atoms with E-state index in [1.54, 1.807) is 25.1 Å². The zero-order valence-corrected chi connectivity index (χ0v) is 16.7. The summed E-state index contributed by atoms with van der Waals surface area (Å²) in [7, 11) is 3.37. The summed E-state index contributed by atoms with van der Waals surface area (Å²) in [5, 5.41) is 0. The van der Waals surface area contributed by atoms with E-state index in [9.17, 15) is 9.59 Å². The zero-order chi connectivity index (χ0) is 19.9. The van der Waals surface area contributed by atoms with Crippen LogP contribution in [-0.4, -0.2) is 42.2 Å². The first-order valence-corrected chi connectivity index (χ1v) is 9.72. The highest BCUT2D eigenvalue weighted by Crippen LogP contribution is 2.42. The summed E-state index contributed by atoms with van der Waals surface area (Å²) in [4.78, 5) is 27.2. The highest BCUT2D eigenvalue weighted by atomic mass is 16.5. The lowest BCUT2D eigenvalue weighted by molar-refractivity contribution is -0.0935. The lowest BCUT2D eigenvalue weighted by Crippen LogP contribution is -2.49. The standard InChI is InChI=1S/C22H26N2O4/c1-15-4-6-18(20(25)23(15)2)21(26)24-11-9-22(10-12-24)19-7-5-17(27-3)14-16(19)8-13-28-22/h4-7,14H,8-13H2,1-3H3. The molecule has 1 amide bonds. The van der Waals surface area contributed by atoms with Gasteiger partial charge >= 0.3 is 0 Å². The molecule has 0 N–H and O–H groups in total. The molecule has 1 saturated heterocycles. The van der Waals surface area contributed by atoms with E-state index in [1.807, 2.05) is 19.1 Å². The Kier molecular flexibility index (Phi) is 4.75. The predicted octanol–water partition coefficient (Wildman–Crippen LogP) is 2.41. The van der Waals surface area contributed by atoms with Crippen LogP contribution in [0.15, 0.2) is 35.1 Å². The minimum Gasteiger partial charge on any atom is -0.497 e. The summed E-state index contributed by atoms with van der Waals surface area (Å²) in [6.07, 6.45) is 2.32. The minimum atomic E-state index is -0.352. The lowest BCUT2D eigenvalue weighted by Gasteiger charge is -2.45. The summed E-state index contributed by atoms with van der Waals surface area (Å²) >= 11 is 0. The number of aromatic nitrogens is 1. The monoisotopic (exact) mass is 382 g/mol. The van der Waals surface area contributed by atoms with Crippen LogP contribution in [0.4, 0.5) is 0 Å². The Balaban J connectivity index is 1.55. The number of rotatable bonds is 2. The first kappa shape index (κ1) is 18.7. The second-order valence-corrected chi connectivity index (χ2v) is 7.66. The molecule has 0 radical (unpaired) electrons. The van der Waals surface area contributed by atoms with Crippen molar-refractivity contribution in [2.75, 3.05) is 26.8 Å². The van der Waals surface area contributed by atoms with Crippen molar-refractivity contribution < 1.29 is 14.3 Å². The summed E-state index contributed by atoms with van der Waals surface area (Å²) in [6, 6.07) is 9.62. The van der Waals surface area contributed by atoms with E-state index in [-0.39, 0.29) is 22.6 Å². The molecule has 0 aliphatic carbocycles. The zero-order valence-electron chi connectivity index (χ0n) is 16.7. The molecule has 3 heterocycles. The molecule has 4 rings (SSSR count). The Morgan fingerprint density at radius 1 is 1.18 bits per heavy atom. The Bertz CT molecular complexity index is 971. The molecule has 1 aromatic carbocycles. The normalized spacial score (nSPS) is 18.0. The Morgan fingerprint density at radius 3 is 2.64 bits per heavy atom. The summed E-state index contributed by atoms with van der Waals surface area (Å²) < 4.78 is 13.1. The van der Waals surface area contributed by atoms with Gasteiger partial charge in [0.1, 0.15) is 11.3 Å². The Labute approximate surface area is 164 Å². The van der Waals surface area contributed by atoms with Crippen molar-refractivity contribution in [3.05, 3.63) is 63.1 Å². The van der Waals surface area contributed by atoms with Crippen LogP contribution >= 0.6 is 0 Å². The van der Waals surface area contributed by atoms with Gasteiger partial charge in [0.05, 0.1) is 19.3 Å². The van der Waals surface area contributed by atoms with Crippen molar-refractivity contribution in [1.82, 2.24) is 9.47 Å². The number of aryl methyl sites for hydroxylation is 1. The fourth-order valence-corrected chi connectivity index (χ4v) is 4.33. The number of benzene rings is 1. The van der Waals surface area contributed by atoms with Crippen LogP contribution in [0.2, 0.25) is 0 Å². The smallest absolute Gasteiger partial charge is 0.263 e. The number of hydrogen-bond acceptors (Lipinski definition) is 4. The highest BCUT2D eigenvalue weighted by Gasteiger charge is 2.42. The maximum atomic E-state index is 12.9. The molecule has 28 heavy (non-hydrogen) atoms. The van der Waals surface area contributed by atoms with Crippen molar-refractivity contribution in [2.24, 2.45) is 7.05 Å². The molecule has 0 saturated carbocycles. The molecular weight excluding hydrogens is 356 g/mol. The third kappa shape index (κ3) is 3.02. The summed E-state index contributed by atoms with van der Waals surface area (Å²) in [6.45, 7) is 3.67. The number of carbonyl (C=O) groups is 1. The van der Waals surface area contributed by atoms with E-state index in [2.05, 4.69) is 12.1 Å². The molecule has 0 bridgehead atoms. The number of pyridine rings is 1. The second-order valence-electron chi connectivity index (χ2n) is 7.66. The van der Waals surface area contributed by atoms with Gasteiger partial charge in [-0.1, -0.05) is 6.07 Å².